The third kappa shape index (κ3) is 5.48. The average molecular weight is 481 g/mol. The number of hydrogen-bond acceptors (Lipinski definition) is 4. The van der Waals surface area contributed by atoms with Gasteiger partial charge in [0.1, 0.15) is 0 Å². The Hall–Kier alpha value is -2.87. The third-order valence-corrected chi connectivity index (χ3v) is 6.64. The van der Waals surface area contributed by atoms with E-state index >= 15 is 0 Å². The molecule has 0 saturated heterocycles. The molecule has 3 aromatic carbocycles. The van der Waals surface area contributed by atoms with Crippen molar-refractivity contribution in [2.24, 2.45) is 0 Å². The molecule has 0 aliphatic heterocycles. The number of hydrogen-bond donors (Lipinski definition) is 2. The first-order chi connectivity index (χ1) is 15.5. The van der Waals surface area contributed by atoms with E-state index in [1.165, 1.54) is 0 Å². The first kappa shape index (κ1) is 22.3. The number of carbonyl (C=O) groups excluding carboxylic acids is 1. The molecule has 4 aromatic rings. The second-order valence-electron chi connectivity index (χ2n) is 7.23. The van der Waals surface area contributed by atoms with Crippen molar-refractivity contribution in [3.05, 3.63) is 88.2 Å². The highest BCUT2D eigenvalue weighted by Crippen LogP contribution is 2.33. The number of rotatable bonds is 7. The van der Waals surface area contributed by atoms with Crippen LogP contribution in [0, 0.1) is 11.7 Å². The van der Waals surface area contributed by atoms with Crippen LogP contribution >= 0.6 is 35.6 Å². The maximum atomic E-state index is 12.5. The Kier molecular flexibility index (Phi) is 7.09. The van der Waals surface area contributed by atoms with Crippen molar-refractivity contribution in [3.8, 4) is 11.4 Å². The summed E-state index contributed by atoms with van der Waals surface area (Å²) >= 11 is 13.2. The van der Waals surface area contributed by atoms with Crippen molar-refractivity contribution in [1.29, 1.82) is 0 Å². The second-order valence-corrected chi connectivity index (χ2v) is 9.14. The van der Waals surface area contributed by atoms with Crippen molar-refractivity contribution in [2.75, 3.05) is 5.32 Å². The molecule has 0 radical (unpaired) electrons. The second kappa shape index (κ2) is 10.2. The molecule has 0 bridgehead atoms. The first-order valence-corrected chi connectivity index (χ1v) is 11.6. The van der Waals surface area contributed by atoms with E-state index in [1.54, 1.807) is 11.8 Å². The molecule has 162 valence electrons. The van der Waals surface area contributed by atoms with Gasteiger partial charge in [-0.25, -0.2) is 0 Å². The van der Waals surface area contributed by atoms with E-state index in [1.807, 2.05) is 84.3 Å². The van der Waals surface area contributed by atoms with Gasteiger partial charge in [0.25, 0.3) is 0 Å². The van der Waals surface area contributed by atoms with Crippen molar-refractivity contribution >= 4 is 47.2 Å². The quantitative estimate of drug-likeness (QED) is 0.287. The lowest BCUT2D eigenvalue weighted by atomic mass is 10.1. The zero-order chi connectivity index (χ0) is 22.5. The normalized spacial score (nSPS) is 10.8. The van der Waals surface area contributed by atoms with Gasteiger partial charge in [-0.1, -0.05) is 59.3 Å². The standard InChI is InChI=1S/C24H21ClN4OS2/c1-16-5-4-6-17(15-16)23-27-28-24(31)29(23)14-13-22(30)26-18-9-11-19(12-10-18)32-21-8-3-2-7-20(21)25/h2-12,15H,13-14H2,1H3,(H,26,30)(H,28,31). The lowest BCUT2D eigenvalue weighted by Gasteiger charge is -2.09. The molecule has 0 atom stereocenters. The molecule has 0 spiro atoms. The summed E-state index contributed by atoms with van der Waals surface area (Å²) in [6.07, 6.45) is 0.281. The van der Waals surface area contributed by atoms with E-state index in [2.05, 4.69) is 15.5 Å². The molecule has 0 aliphatic rings. The van der Waals surface area contributed by atoms with Gasteiger partial charge in [0.05, 0.1) is 5.02 Å². The lowest BCUT2D eigenvalue weighted by molar-refractivity contribution is -0.116. The summed E-state index contributed by atoms with van der Waals surface area (Å²) in [5.41, 5.74) is 2.84. The molecular weight excluding hydrogens is 460 g/mol. The minimum atomic E-state index is -0.0881. The Labute approximate surface area is 200 Å². The number of halogens is 1. The topological polar surface area (TPSA) is 62.7 Å². The van der Waals surface area contributed by atoms with Crippen LogP contribution in [0.15, 0.2) is 82.6 Å². The first-order valence-electron chi connectivity index (χ1n) is 10.0. The molecular formula is C24H21ClN4OS2. The smallest absolute Gasteiger partial charge is 0.226 e. The van der Waals surface area contributed by atoms with Crippen LogP contribution < -0.4 is 5.32 Å². The summed E-state index contributed by atoms with van der Waals surface area (Å²) in [6.45, 7) is 2.46. The van der Waals surface area contributed by atoms with Crippen LogP contribution in [0.4, 0.5) is 5.69 Å². The van der Waals surface area contributed by atoms with Gasteiger partial charge in [0, 0.05) is 34.0 Å². The number of aromatic nitrogens is 3. The number of aryl methyl sites for hydroxylation is 1. The molecule has 32 heavy (non-hydrogen) atoms. The monoisotopic (exact) mass is 480 g/mol. The van der Waals surface area contributed by atoms with Crippen LogP contribution in [0.5, 0.6) is 0 Å². The van der Waals surface area contributed by atoms with Crippen LogP contribution in [-0.4, -0.2) is 20.7 Å². The predicted molar refractivity (Wildman–Crippen MR) is 133 cm³/mol. The maximum absolute atomic E-state index is 12.5. The van der Waals surface area contributed by atoms with Gasteiger partial charge < -0.3 is 5.32 Å². The maximum Gasteiger partial charge on any atom is 0.226 e. The number of nitrogens with one attached hydrogen (secondary N) is 2. The summed E-state index contributed by atoms with van der Waals surface area (Å²) in [7, 11) is 0. The Balaban J connectivity index is 1.37. The van der Waals surface area contributed by atoms with Crippen LogP contribution in [0.1, 0.15) is 12.0 Å². The van der Waals surface area contributed by atoms with E-state index in [-0.39, 0.29) is 12.3 Å². The number of benzene rings is 3. The van der Waals surface area contributed by atoms with Crippen molar-refractivity contribution < 1.29 is 4.79 Å². The largest absolute Gasteiger partial charge is 0.326 e. The number of anilines is 1. The molecule has 2 N–H and O–H groups in total. The molecule has 1 heterocycles. The summed E-state index contributed by atoms with van der Waals surface area (Å²) in [4.78, 5) is 14.6. The van der Waals surface area contributed by atoms with Crippen molar-refractivity contribution in [1.82, 2.24) is 14.8 Å². The summed E-state index contributed by atoms with van der Waals surface area (Å²) in [6, 6.07) is 23.5. The van der Waals surface area contributed by atoms with E-state index in [4.69, 9.17) is 23.8 Å². The van der Waals surface area contributed by atoms with Crippen LogP contribution in [0.3, 0.4) is 0 Å². The molecule has 8 heteroatoms. The summed E-state index contributed by atoms with van der Waals surface area (Å²) < 4.78 is 2.35. The van der Waals surface area contributed by atoms with Crippen molar-refractivity contribution in [2.45, 2.75) is 29.7 Å². The van der Waals surface area contributed by atoms with E-state index < -0.39 is 0 Å². The zero-order valence-electron chi connectivity index (χ0n) is 17.3. The molecule has 0 saturated carbocycles. The summed E-state index contributed by atoms with van der Waals surface area (Å²) in [5.74, 6) is 0.641. The average Bonchev–Trinajstić information content (AvgIpc) is 3.15. The molecule has 1 aromatic heterocycles. The Morgan fingerprint density at radius 1 is 1.12 bits per heavy atom. The zero-order valence-corrected chi connectivity index (χ0v) is 19.7. The van der Waals surface area contributed by atoms with Crippen LogP contribution in [0.25, 0.3) is 11.4 Å². The number of nitrogens with zero attached hydrogens (tertiary/aromatic N) is 2. The van der Waals surface area contributed by atoms with Gasteiger partial charge in [0.15, 0.2) is 10.6 Å². The highest BCUT2D eigenvalue weighted by atomic mass is 35.5. The summed E-state index contributed by atoms with van der Waals surface area (Å²) in [5, 5.41) is 10.8. The van der Waals surface area contributed by atoms with Crippen molar-refractivity contribution in [3.63, 3.8) is 0 Å². The predicted octanol–water partition coefficient (Wildman–Crippen LogP) is 6.75. The minimum Gasteiger partial charge on any atom is -0.326 e. The van der Waals surface area contributed by atoms with Gasteiger partial charge in [-0.3, -0.25) is 14.5 Å². The number of carbonyl (C=O) groups is 1. The van der Waals surface area contributed by atoms with E-state index in [0.29, 0.717) is 11.3 Å². The molecule has 1 amide bonds. The molecule has 4 rings (SSSR count). The molecule has 5 nitrogen and oxygen atoms in total. The Bertz CT molecular complexity index is 1300. The highest BCUT2D eigenvalue weighted by molar-refractivity contribution is 7.99. The third-order valence-electron chi connectivity index (χ3n) is 4.80. The Morgan fingerprint density at radius 3 is 2.66 bits per heavy atom. The fraction of sp³-hybridized carbons (Fsp3) is 0.125. The fourth-order valence-corrected chi connectivity index (χ4v) is 4.54. The van der Waals surface area contributed by atoms with E-state index in [0.717, 1.165) is 37.5 Å². The van der Waals surface area contributed by atoms with Gasteiger partial charge in [0.2, 0.25) is 5.91 Å². The minimum absolute atomic E-state index is 0.0881. The molecule has 0 unspecified atom stereocenters. The molecule has 0 fully saturated rings. The SMILES string of the molecule is Cc1cccc(-c2n[nH]c(=S)n2CCC(=O)Nc2ccc(Sc3ccccc3Cl)cc2)c1. The number of aromatic amines is 1. The number of amides is 1. The van der Waals surface area contributed by atoms with Crippen LogP contribution in [-0.2, 0) is 11.3 Å². The van der Waals surface area contributed by atoms with E-state index in [9.17, 15) is 4.79 Å². The fourth-order valence-electron chi connectivity index (χ4n) is 3.23. The number of H-pyrrole nitrogens is 1. The Morgan fingerprint density at radius 2 is 1.91 bits per heavy atom. The van der Waals surface area contributed by atoms with Gasteiger partial charge in [-0.05, 0) is 61.6 Å². The molecule has 0 aliphatic carbocycles. The highest BCUT2D eigenvalue weighted by Gasteiger charge is 2.11. The van der Waals surface area contributed by atoms with Gasteiger partial charge in [-0.2, -0.15) is 5.10 Å². The lowest BCUT2D eigenvalue weighted by Crippen LogP contribution is -2.15. The van der Waals surface area contributed by atoms with Crippen LogP contribution in [0.2, 0.25) is 5.02 Å². The van der Waals surface area contributed by atoms with Gasteiger partial charge in [-0.15, -0.1) is 0 Å². The van der Waals surface area contributed by atoms with Gasteiger partial charge >= 0.3 is 0 Å².